The van der Waals surface area contributed by atoms with Crippen LogP contribution in [-0.4, -0.2) is 45.8 Å². The fraction of sp³-hybridized carbons (Fsp3) is 0.389. The number of piperidine rings is 1. The van der Waals surface area contributed by atoms with Crippen molar-refractivity contribution in [2.75, 3.05) is 18.4 Å². The molecule has 1 fully saturated rings. The van der Waals surface area contributed by atoms with Crippen LogP contribution in [0, 0.1) is 5.82 Å². The maximum atomic E-state index is 14.4. The van der Waals surface area contributed by atoms with E-state index in [1.807, 2.05) is 0 Å². The van der Waals surface area contributed by atoms with Crippen LogP contribution in [0.2, 0.25) is 0 Å². The molecule has 3 rings (SSSR count). The van der Waals surface area contributed by atoms with Gasteiger partial charge in [-0.1, -0.05) is 6.07 Å². The molecule has 0 radical (unpaired) electrons. The minimum Gasteiger partial charge on any atom is -0.329 e. The van der Waals surface area contributed by atoms with Crippen LogP contribution in [0.1, 0.15) is 24.8 Å². The molecule has 0 bridgehead atoms. The Hall–Kier alpha value is -2.68. The molecule has 0 aromatic carbocycles. The summed E-state index contributed by atoms with van der Waals surface area (Å²) in [5.41, 5.74) is -0.0496. The van der Waals surface area contributed by atoms with Gasteiger partial charge < -0.3 is 10.3 Å². The van der Waals surface area contributed by atoms with Gasteiger partial charge in [0, 0.05) is 31.8 Å². The van der Waals surface area contributed by atoms with E-state index in [0.29, 0.717) is 5.56 Å². The van der Waals surface area contributed by atoms with Gasteiger partial charge in [-0.2, -0.15) is 0 Å². The predicted molar refractivity (Wildman–Crippen MR) is 93.2 cm³/mol. The van der Waals surface area contributed by atoms with Gasteiger partial charge in [0.2, 0.25) is 11.5 Å². The highest BCUT2D eigenvalue weighted by Gasteiger charge is 2.46. The molecule has 0 aliphatic carbocycles. The van der Waals surface area contributed by atoms with Crippen molar-refractivity contribution in [1.82, 2.24) is 14.9 Å². The average Bonchev–Trinajstić information content (AvgIpc) is 2.64. The van der Waals surface area contributed by atoms with Crippen molar-refractivity contribution in [1.29, 1.82) is 0 Å². The minimum absolute atomic E-state index is 0.0372. The minimum atomic E-state index is -2.94. The quantitative estimate of drug-likeness (QED) is 0.854. The number of alkyl halides is 2. The van der Waals surface area contributed by atoms with Crippen molar-refractivity contribution in [3.63, 3.8) is 0 Å². The molecule has 2 aromatic heterocycles. The first kappa shape index (κ1) is 19.1. The molecular formula is C18H19F3N4O2. The average molecular weight is 380 g/mol. The Morgan fingerprint density at radius 1 is 1.37 bits per heavy atom. The zero-order chi connectivity index (χ0) is 19.6. The summed E-state index contributed by atoms with van der Waals surface area (Å²) in [7, 11) is 0. The van der Waals surface area contributed by atoms with Crippen LogP contribution >= 0.6 is 0 Å². The largest absolute Gasteiger partial charge is 0.329 e. The lowest BCUT2D eigenvalue weighted by atomic mass is 9.87. The number of likely N-dealkylation sites (tertiary alicyclic amines) is 1. The van der Waals surface area contributed by atoms with E-state index in [4.69, 9.17) is 0 Å². The fourth-order valence-electron chi connectivity index (χ4n) is 3.11. The van der Waals surface area contributed by atoms with Gasteiger partial charge in [-0.25, -0.2) is 18.2 Å². The number of carbonyl (C=O) groups is 1. The number of hydrogen-bond donors (Lipinski definition) is 2. The van der Waals surface area contributed by atoms with E-state index >= 15 is 0 Å². The van der Waals surface area contributed by atoms with E-state index in [2.05, 4.69) is 15.3 Å². The third-order valence-electron chi connectivity index (χ3n) is 4.78. The van der Waals surface area contributed by atoms with Crippen LogP contribution in [-0.2, 0) is 4.79 Å². The van der Waals surface area contributed by atoms with Crippen LogP contribution in [0.25, 0.3) is 0 Å². The smallest absolute Gasteiger partial charge is 0.257 e. The van der Waals surface area contributed by atoms with Crippen LogP contribution in [0.5, 0.6) is 0 Å². The van der Waals surface area contributed by atoms with Gasteiger partial charge >= 0.3 is 0 Å². The highest BCUT2D eigenvalue weighted by molar-refractivity contribution is 5.93. The highest BCUT2D eigenvalue weighted by atomic mass is 19.3. The molecule has 1 aliphatic heterocycles. The SMILES string of the molecule is CC(C(=O)Nc1ccc(F)cn1)N1CCC(F)(F)[C@@H](c2ccc(=O)[nH]c2)C1. The summed E-state index contributed by atoms with van der Waals surface area (Å²) in [5, 5.41) is 2.56. The summed E-state index contributed by atoms with van der Waals surface area (Å²) in [6.45, 7) is 1.63. The number of hydrogen-bond acceptors (Lipinski definition) is 4. The Balaban J connectivity index is 1.72. The molecule has 144 valence electrons. The van der Waals surface area contributed by atoms with E-state index in [-0.39, 0.29) is 24.5 Å². The summed E-state index contributed by atoms with van der Waals surface area (Å²) in [6, 6.07) is 4.40. The number of halogens is 3. The summed E-state index contributed by atoms with van der Waals surface area (Å²) in [4.78, 5) is 31.4. The Kier molecular flexibility index (Phi) is 5.31. The molecule has 1 aliphatic rings. The Morgan fingerprint density at radius 2 is 2.15 bits per heavy atom. The summed E-state index contributed by atoms with van der Waals surface area (Å²) in [5.74, 6) is -4.83. The van der Waals surface area contributed by atoms with Gasteiger partial charge in [0.05, 0.1) is 18.2 Å². The first-order valence-corrected chi connectivity index (χ1v) is 8.49. The van der Waals surface area contributed by atoms with Gasteiger partial charge in [0.15, 0.2) is 0 Å². The molecule has 27 heavy (non-hydrogen) atoms. The number of rotatable bonds is 4. The molecule has 1 amide bonds. The molecule has 2 N–H and O–H groups in total. The molecule has 1 unspecified atom stereocenters. The van der Waals surface area contributed by atoms with E-state index < -0.39 is 36.0 Å². The lowest BCUT2D eigenvalue weighted by Crippen LogP contribution is -2.52. The fourth-order valence-corrected chi connectivity index (χ4v) is 3.11. The number of anilines is 1. The Morgan fingerprint density at radius 3 is 2.78 bits per heavy atom. The van der Waals surface area contributed by atoms with Crippen LogP contribution in [0.15, 0.2) is 41.5 Å². The first-order valence-electron chi connectivity index (χ1n) is 8.49. The Labute approximate surface area is 153 Å². The number of H-pyrrole nitrogens is 1. The first-order chi connectivity index (χ1) is 12.8. The second-order valence-corrected chi connectivity index (χ2v) is 6.57. The summed E-state index contributed by atoms with van der Waals surface area (Å²) in [6.07, 6.45) is 1.87. The van der Waals surface area contributed by atoms with Crippen LogP contribution in [0.4, 0.5) is 19.0 Å². The van der Waals surface area contributed by atoms with Crippen molar-refractivity contribution in [3.05, 3.63) is 58.4 Å². The third-order valence-corrected chi connectivity index (χ3v) is 4.78. The van der Waals surface area contributed by atoms with Gasteiger partial charge in [0.25, 0.3) is 5.92 Å². The van der Waals surface area contributed by atoms with Crippen LogP contribution < -0.4 is 10.9 Å². The monoisotopic (exact) mass is 380 g/mol. The maximum Gasteiger partial charge on any atom is 0.257 e. The summed E-state index contributed by atoms with van der Waals surface area (Å²) < 4.78 is 41.7. The number of nitrogens with one attached hydrogen (secondary N) is 2. The lowest BCUT2D eigenvalue weighted by Gasteiger charge is -2.40. The van der Waals surface area contributed by atoms with E-state index in [1.54, 1.807) is 11.8 Å². The second-order valence-electron chi connectivity index (χ2n) is 6.57. The van der Waals surface area contributed by atoms with Crippen molar-refractivity contribution < 1.29 is 18.0 Å². The topological polar surface area (TPSA) is 78.1 Å². The summed E-state index contributed by atoms with van der Waals surface area (Å²) >= 11 is 0. The molecule has 9 heteroatoms. The van der Waals surface area contributed by atoms with Gasteiger partial charge in [-0.3, -0.25) is 14.5 Å². The zero-order valence-corrected chi connectivity index (χ0v) is 14.6. The molecule has 2 aromatic rings. The number of carbonyl (C=O) groups excluding carboxylic acids is 1. The molecule has 6 nitrogen and oxygen atoms in total. The number of nitrogens with zero attached hydrogens (tertiary/aromatic N) is 2. The van der Waals surface area contributed by atoms with Crippen LogP contribution in [0.3, 0.4) is 0 Å². The van der Waals surface area contributed by atoms with Crippen molar-refractivity contribution >= 4 is 11.7 Å². The maximum absolute atomic E-state index is 14.4. The lowest BCUT2D eigenvalue weighted by molar-refractivity contribution is -0.125. The molecule has 2 atom stereocenters. The Bertz CT molecular complexity index is 849. The number of pyridine rings is 2. The van der Waals surface area contributed by atoms with Gasteiger partial charge in [-0.15, -0.1) is 0 Å². The normalized spacial score (nSPS) is 20.8. The van der Waals surface area contributed by atoms with Crippen molar-refractivity contribution in [2.45, 2.75) is 31.2 Å². The second kappa shape index (κ2) is 7.51. The number of amides is 1. The number of aromatic amines is 1. The van der Waals surface area contributed by atoms with Crippen molar-refractivity contribution in [2.24, 2.45) is 0 Å². The highest BCUT2D eigenvalue weighted by Crippen LogP contribution is 2.40. The zero-order valence-electron chi connectivity index (χ0n) is 14.6. The van der Waals surface area contributed by atoms with Gasteiger partial charge in [-0.05, 0) is 24.6 Å². The third kappa shape index (κ3) is 4.36. The number of aromatic nitrogens is 2. The molecular weight excluding hydrogens is 361 g/mol. The predicted octanol–water partition coefficient (Wildman–Crippen LogP) is 2.36. The van der Waals surface area contributed by atoms with Crippen molar-refractivity contribution in [3.8, 4) is 0 Å². The van der Waals surface area contributed by atoms with Gasteiger partial charge in [0.1, 0.15) is 11.6 Å². The van der Waals surface area contributed by atoms with E-state index in [0.717, 1.165) is 6.20 Å². The molecule has 3 heterocycles. The molecule has 0 saturated carbocycles. The standard InChI is InChI=1S/C18H19F3N4O2/c1-11(17(27)24-15-4-3-13(19)9-22-15)25-7-6-18(20,21)14(10-25)12-2-5-16(26)23-8-12/h2-5,8-9,11,14H,6-7,10H2,1H3,(H,23,26)(H,22,24,27)/t11?,14-/m1/s1. The van der Waals surface area contributed by atoms with E-state index in [9.17, 15) is 22.8 Å². The molecule has 0 spiro atoms. The van der Waals surface area contributed by atoms with E-state index in [1.165, 1.54) is 30.5 Å². The molecule has 1 saturated heterocycles.